The molecule has 3 heteroatoms. The second-order valence-corrected chi connectivity index (χ2v) is 3.61. The Bertz CT molecular complexity index is 526. The lowest BCUT2D eigenvalue weighted by Crippen LogP contribution is -1.90. The van der Waals surface area contributed by atoms with Crippen LogP contribution in [0, 0.1) is 6.92 Å². The van der Waals surface area contributed by atoms with Gasteiger partial charge in [-0.15, -0.1) is 0 Å². The number of carbonyl (C=O) groups is 1. The highest BCUT2D eigenvalue weighted by Gasteiger charge is 2.10. The number of rotatable bonds is 2. The Morgan fingerprint density at radius 3 is 2.73 bits per heavy atom. The maximum Gasteiger partial charge on any atom is 0.175 e. The number of ether oxygens (including phenoxy) is 1. The number of aryl methyl sites for hydroxylation is 1. The second kappa shape index (κ2) is 3.42. The van der Waals surface area contributed by atoms with Crippen molar-refractivity contribution in [3.63, 3.8) is 0 Å². The van der Waals surface area contributed by atoms with Gasteiger partial charge in [0.1, 0.15) is 5.75 Å². The summed E-state index contributed by atoms with van der Waals surface area (Å²) < 4.78 is 5.23. The van der Waals surface area contributed by atoms with Gasteiger partial charge in [0.25, 0.3) is 0 Å². The molecule has 0 amide bonds. The first kappa shape index (κ1) is 9.77. The number of carbonyl (C=O) groups excluding carboxylic acids is 1. The summed E-state index contributed by atoms with van der Waals surface area (Å²) in [7, 11) is 1.62. The fraction of sp³-hybridized carbons (Fsp3) is 0.250. The Kier molecular flexibility index (Phi) is 2.23. The van der Waals surface area contributed by atoms with Gasteiger partial charge in [0.15, 0.2) is 5.78 Å². The Hall–Kier alpha value is -1.77. The largest absolute Gasteiger partial charge is 0.495 e. The summed E-state index contributed by atoms with van der Waals surface area (Å²) in [6, 6.07) is 5.76. The average Bonchev–Trinajstić information content (AvgIpc) is 2.64. The van der Waals surface area contributed by atoms with Crippen LogP contribution in [0.25, 0.3) is 10.9 Å². The van der Waals surface area contributed by atoms with E-state index in [2.05, 4.69) is 4.98 Å². The van der Waals surface area contributed by atoms with Gasteiger partial charge >= 0.3 is 0 Å². The van der Waals surface area contributed by atoms with E-state index in [1.807, 2.05) is 25.1 Å². The summed E-state index contributed by atoms with van der Waals surface area (Å²) >= 11 is 0. The van der Waals surface area contributed by atoms with Crippen molar-refractivity contribution >= 4 is 16.7 Å². The molecular weight excluding hydrogens is 190 g/mol. The van der Waals surface area contributed by atoms with Crippen LogP contribution in [-0.2, 0) is 0 Å². The van der Waals surface area contributed by atoms with Crippen molar-refractivity contribution in [1.82, 2.24) is 4.98 Å². The van der Waals surface area contributed by atoms with Crippen LogP contribution in [-0.4, -0.2) is 17.9 Å². The lowest BCUT2D eigenvalue weighted by Gasteiger charge is -2.02. The quantitative estimate of drug-likeness (QED) is 0.762. The first-order chi connectivity index (χ1) is 7.13. The van der Waals surface area contributed by atoms with Crippen LogP contribution in [0.3, 0.4) is 0 Å². The third-order valence-corrected chi connectivity index (χ3v) is 2.57. The molecule has 1 aromatic heterocycles. The number of nitrogens with one attached hydrogen (secondary N) is 1. The van der Waals surface area contributed by atoms with Crippen LogP contribution in [0.15, 0.2) is 18.2 Å². The number of aromatic amines is 1. The van der Waals surface area contributed by atoms with Crippen LogP contribution in [0.2, 0.25) is 0 Å². The van der Waals surface area contributed by atoms with E-state index < -0.39 is 0 Å². The van der Waals surface area contributed by atoms with E-state index in [9.17, 15) is 4.79 Å². The minimum absolute atomic E-state index is 0.0349. The van der Waals surface area contributed by atoms with Crippen molar-refractivity contribution in [3.8, 4) is 5.75 Å². The van der Waals surface area contributed by atoms with Crippen LogP contribution >= 0.6 is 0 Å². The van der Waals surface area contributed by atoms with Crippen molar-refractivity contribution in [3.05, 3.63) is 29.5 Å². The van der Waals surface area contributed by atoms with Crippen molar-refractivity contribution < 1.29 is 9.53 Å². The number of Topliss-reactive ketones (excluding diaryl/α,β-unsaturated/α-hetero) is 1. The first-order valence-corrected chi connectivity index (χ1v) is 4.80. The van der Waals surface area contributed by atoms with Gasteiger partial charge in [-0.1, -0.05) is 6.07 Å². The van der Waals surface area contributed by atoms with Gasteiger partial charge in [0.2, 0.25) is 0 Å². The molecule has 1 N–H and O–H groups in total. The summed E-state index contributed by atoms with van der Waals surface area (Å²) in [6.07, 6.45) is 0. The molecule has 0 saturated heterocycles. The van der Waals surface area contributed by atoms with Gasteiger partial charge in [-0.2, -0.15) is 0 Å². The van der Waals surface area contributed by atoms with Gasteiger partial charge in [0, 0.05) is 12.3 Å². The van der Waals surface area contributed by atoms with Gasteiger partial charge in [-0.05, 0) is 24.6 Å². The summed E-state index contributed by atoms with van der Waals surface area (Å²) in [5, 5.41) is 1.04. The lowest BCUT2D eigenvalue weighted by atomic mass is 10.1. The number of aromatic nitrogens is 1. The smallest absolute Gasteiger partial charge is 0.175 e. The minimum Gasteiger partial charge on any atom is -0.495 e. The van der Waals surface area contributed by atoms with E-state index in [4.69, 9.17) is 4.74 Å². The molecule has 0 saturated carbocycles. The highest BCUT2D eigenvalue weighted by molar-refractivity contribution is 6.00. The average molecular weight is 203 g/mol. The maximum absolute atomic E-state index is 11.3. The highest BCUT2D eigenvalue weighted by Crippen LogP contribution is 2.28. The zero-order chi connectivity index (χ0) is 11.0. The molecule has 2 rings (SSSR count). The van der Waals surface area contributed by atoms with Gasteiger partial charge < -0.3 is 9.72 Å². The van der Waals surface area contributed by atoms with E-state index in [0.717, 1.165) is 22.2 Å². The molecule has 78 valence electrons. The molecule has 0 aliphatic heterocycles. The fourth-order valence-electron chi connectivity index (χ4n) is 1.69. The molecule has 0 radical (unpaired) electrons. The van der Waals surface area contributed by atoms with E-state index in [1.165, 1.54) is 0 Å². The number of H-pyrrole nitrogens is 1. The fourth-order valence-corrected chi connectivity index (χ4v) is 1.69. The maximum atomic E-state index is 11.3. The summed E-state index contributed by atoms with van der Waals surface area (Å²) in [4.78, 5) is 14.3. The molecule has 2 aromatic rings. The molecule has 0 aliphatic carbocycles. The molecule has 0 spiro atoms. The monoisotopic (exact) mass is 203 g/mol. The normalized spacial score (nSPS) is 10.6. The summed E-state index contributed by atoms with van der Waals surface area (Å²) in [5.74, 6) is 0.802. The van der Waals surface area contributed by atoms with E-state index in [-0.39, 0.29) is 5.78 Å². The molecule has 1 heterocycles. The van der Waals surface area contributed by atoms with Crippen molar-refractivity contribution in [1.29, 1.82) is 0 Å². The third kappa shape index (κ3) is 1.50. The Labute approximate surface area is 88.1 Å². The van der Waals surface area contributed by atoms with E-state index in [1.54, 1.807) is 14.0 Å². The van der Waals surface area contributed by atoms with Crippen LogP contribution < -0.4 is 4.74 Å². The Morgan fingerprint density at radius 1 is 1.40 bits per heavy atom. The Balaban J connectivity index is 2.77. The number of ketones is 1. The standard InChI is InChI=1S/C12H13NO2/c1-7-4-5-11(15-3)12-9(7)6-10(13-12)8(2)14/h4-6,13H,1-3H3. The predicted molar refractivity (Wildman–Crippen MR) is 59.6 cm³/mol. The molecule has 0 aliphatic rings. The SMILES string of the molecule is COc1ccc(C)c2cc(C(C)=O)[nH]c12. The molecule has 0 atom stereocenters. The first-order valence-electron chi connectivity index (χ1n) is 4.80. The lowest BCUT2D eigenvalue weighted by molar-refractivity contribution is 0.101. The number of methoxy groups -OCH3 is 1. The topological polar surface area (TPSA) is 42.1 Å². The summed E-state index contributed by atoms with van der Waals surface area (Å²) in [6.45, 7) is 3.56. The number of hydrogen-bond acceptors (Lipinski definition) is 2. The molecule has 0 unspecified atom stereocenters. The number of benzene rings is 1. The number of hydrogen-bond donors (Lipinski definition) is 1. The molecular formula is C12H13NO2. The minimum atomic E-state index is 0.0349. The second-order valence-electron chi connectivity index (χ2n) is 3.61. The third-order valence-electron chi connectivity index (χ3n) is 2.57. The number of fused-ring (bicyclic) bond motifs is 1. The molecule has 15 heavy (non-hydrogen) atoms. The molecule has 0 bridgehead atoms. The van der Waals surface area contributed by atoms with Gasteiger partial charge in [0.05, 0.1) is 18.3 Å². The molecule has 3 nitrogen and oxygen atoms in total. The van der Waals surface area contributed by atoms with Crippen LogP contribution in [0.5, 0.6) is 5.75 Å². The predicted octanol–water partition coefficient (Wildman–Crippen LogP) is 2.69. The van der Waals surface area contributed by atoms with Gasteiger partial charge in [-0.3, -0.25) is 4.79 Å². The van der Waals surface area contributed by atoms with E-state index >= 15 is 0 Å². The Morgan fingerprint density at radius 2 is 2.13 bits per heavy atom. The molecule has 1 aromatic carbocycles. The summed E-state index contributed by atoms with van der Waals surface area (Å²) in [5.41, 5.74) is 2.65. The van der Waals surface area contributed by atoms with Crippen molar-refractivity contribution in [2.75, 3.05) is 7.11 Å². The van der Waals surface area contributed by atoms with Gasteiger partial charge in [-0.25, -0.2) is 0 Å². The zero-order valence-electron chi connectivity index (χ0n) is 9.05. The van der Waals surface area contributed by atoms with Crippen molar-refractivity contribution in [2.24, 2.45) is 0 Å². The van der Waals surface area contributed by atoms with Crippen LogP contribution in [0.4, 0.5) is 0 Å². The van der Waals surface area contributed by atoms with Crippen molar-refractivity contribution in [2.45, 2.75) is 13.8 Å². The van der Waals surface area contributed by atoms with Crippen LogP contribution in [0.1, 0.15) is 23.0 Å². The zero-order valence-corrected chi connectivity index (χ0v) is 9.05. The highest BCUT2D eigenvalue weighted by atomic mass is 16.5. The van der Waals surface area contributed by atoms with E-state index in [0.29, 0.717) is 5.69 Å². The molecule has 0 fully saturated rings.